The molecule has 1 rings (SSSR count). The summed E-state index contributed by atoms with van der Waals surface area (Å²) in [6.45, 7) is 9.41. The van der Waals surface area contributed by atoms with Gasteiger partial charge >= 0.3 is 0 Å². The van der Waals surface area contributed by atoms with Gasteiger partial charge in [0.05, 0.1) is 11.6 Å². The van der Waals surface area contributed by atoms with Crippen molar-refractivity contribution in [3.05, 3.63) is 23.4 Å². The third kappa shape index (κ3) is 3.54. The maximum Gasteiger partial charge on any atom is 0.127 e. The van der Waals surface area contributed by atoms with E-state index >= 15 is 0 Å². The smallest absolute Gasteiger partial charge is 0.127 e. The Kier molecular flexibility index (Phi) is 4.30. The third-order valence-electron chi connectivity index (χ3n) is 2.83. The van der Waals surface area contributed by atoms with Crippen LogP contribution < -0.4 is 5.32 Å². The van der Waals surface area contributed by atoms with Gasteiger partial charge in [-0.25, -0.2) is 4.98 Å². The maximum atomic E-state index is 8.85. The molecule has 86 valence electrons. The van der Waals surface area contributed by atoms with Crippen LogP contribution in [0.15, 0.2) is 12.1 Å². The molecule has 1 unspecified atom stereocenters. The highest BCUT2D eigenvalue weighted by Crippen LogP contribution is 2.13. The van der Waals surface area contributed by atoms with Gasteiger partial charge in [0.25, 0.3) is 0 Å². The van der Waals surface area contributed by atoms with Gasteiger partial charge in [-0.15, -0.1) is 0 Å². The number of pyridine rings is 1. The van der Waals surface area contributed by atoms with Crippen molar-refractivity contribution < 1.29 is 0 Å². The Labute approximate surface area is 97.5 Å². The first-order chi connectivity index (χ1) is 7.52. The van der Waals surface area contributed by atoms with Crippen molar-refractivity contribution in [2.75, 3.05) is 11.9 Å². The first kappa shape index (κ1) is 12.5. The average molecular weight is 217 g/mol. The number of hydrogen-bond acceptors (Lipinski definition) is 3. The average Bonchev–Trinajstić information content (AvgIpc) is 2.24. The highest BCUT2D eigenvalue weighted by Gasteiger charge is 2.07. The molecule has 0 saturated heterocycles. The first-order valence-electron chi connectivity index (χ1n) is 5.65. The second kappa shape index (κ2) is 5.50. The van der Waals surface area contributed by atoms with E-state index in [4.69, 9.17) is 5.26 Å². The number of hydrogen-bond donors (Lipinski definition) is 1. The lowest BCUT2D eigenvalue weighted by Gasteiger charge is -2.16. The van der Waals surface area contributed by atoms with E-state index in [9.17, 15) is 0 Å². The Bertz CT molecular complexity index is 391. The zero-order valence-electron chi connectivity index (χ0n) is 10.4. The molecule has 1 N–H and O–H groups in total. The number of aryl methyl sites for hydroxylation is 1. The van der Waals surface area contributed by atoms with Crippen LogP contribution in [0, 0.1) is 30.1 Å². The third-order valence-corrected chi connectivity index (χ3v) is 2.83. The van der Waals surface area contributed by atoms with Crippen LogP contribution in [0.4, 0.5) is 5.82 Å². The monoisotopic (exact) mass is 217 g/mol. The summed E-state index contributed by atoms with van der Waals surface area (Å²) in [5.41, 5.74) is 1.53. The fourth-order valence-corrected chi connectivity index (χ4v) is 1.32. The summed E-state index contributed by atoms with van der Waals surface area (Å²) in [4.78, 5) is 4.35. The molecule has 1 aromatic rings. The van der Waals surface area contributed by atoms with E-state index in [0.29, 0.717) is 17.4 Å². The molecule has 3 heteroatoms. The summed E-state index contributed by atoms with van der Waals surface area (Å²) in [5, 5.41) is 12.1. The zero-order valence-corrected chi connectivity index (χ0v) is 10.4. The summed E-state index contributed by atoms with van der Waals surface area (Å²) in [7, 11) is 0. The Hall–Kier alpha value is -1.56. The molecule has 0 aliphatic rings. The molecule has 3 nitrogen and oxygen atoms in total. The van der Waals surface area contributed by atoms with Gasteiger partial charge in [0.15, 0.2) is 0 Å². The standard InChI is InChI=1S/C13H19N3/c1-9(2)10(3)8-15-13-6-12(7-14)5-11(4)16-13/h5-6,9-10H,8H2,1-4H3,(H,15,16). The zero-order chi connectivity index (χ0) is 12.1. The highest BCUT2D eigenvalue weighted by molar-refractivity contribution is 5.44. The topological polar surface area (TPSA) is 48.7 Å². The molecule has 0 aromatic carbocycles. The Morgan fingerprint density at radius 3 is 2.62 bits per heavy atom. The lowest BCUT2D eigenvalue weighted by Crippen LogP contribution is -2.17. The lowest BCUT2D eigenvalue weighted by molar-refractivity contribution is 0.439. The van der Waals surface area contributed by atoms with Crippen molar-refractivity contribution in [2.24, 2.45) is 11.8 Å². The van der Waals surface area contributed by atoms with Crippen LogP contribution >= 0.6 is 0 Å². The largest absolute Gasteiger partial charge is 0.370 e. The minimum Gasteiger partial charge on any atom is -0.370 e. The van der Waals surface area contributed by atoms with Gasteiger partial charge in [0.2, 0.25) is 0 Å². The first-order valence-corrected chi connectivity index (χ1v) is 5.65. The molecule has 1 heterocycles. The number of anilines is 1. The molecule has 1 aromatic heterocycles. The molecular formula is C13H19N3. The van der Waals surface area contributed by atoms with Crippen LogP contribution in [0.25, 0.3) is 0 Å². The van der Waals surface area contributed by atoms with Crippen molar-refractivity contribution in [1.82, 2.24) is 4.98 Å². The van der Waals surface area contributed by atoms with Gasteiger partial charge < -0.3 is 5.32 Å². The molecule has 0 amide bonds. The maximum absolute atomic E-state index is 8.85. The van der Waals surface area contributed by atoms with Gasteiger partial charge in [-0.1, -0.05) is 20.8 Å². The van der Waals surface area contributed by atoms with E-state index in [0.717, 1.165) is 18.1 Å². The number of nitrogens with zero attached hydrogens (tertiary/aromatic N) is 2. The van der Waals surface area contributed by atoms with Gasteiger partial charge in [0.1, 0.15) is 5.82 Å². The molecule has 0 fully saturated rings. The van der Waals surface area contributed by atoms with Gasteiger partial charge in [-0.05, 0) is 30.9 Å². The van der Waals surface area contributed by atoms with Gasteiger partial charge in [-0.3, -0.25) is 0 Å². The summed E-state index contributed by atoms with van der Waals surface area (Å²) in [6, 6.07) is 5.72. The van der Waals surface area contributed by atoms with Gasteiger partial charge in [-0.2, -0.15) is 5.26 Å². The van der Waals surface area contributed by atoms with Crippen LogP contribution in [0.5, 0.6) is 0 Å². The lowest BCUT2D eigenvalue weighted by atomic mass is 9.98. The van der Waals surface area contributed by atoms with Crippen LogP contribution in [0.2, 0.25) is 0 Å². The molecule has 0 aliphatic heterocycles. The second-order valence-corrected chi connectivity index (χ2v) is 4.60. The summed E-state index contributed by atoms with van der Waals surface area (Å²) in [5.74, 6) is 2.03. The van der Waals surface area contributed by atoms with E-state index in [1.807, 2.05) is 6.92 Å². The molecule has 0 spiro atoms. The fraction of sp³-hybridized carbons (Fsp3) is 0.538. The number of nitriles is 1. The number of aromatic nitrogens is 1. The van der Waals surface area contributed by atoms with Crippen molar-refractivity contribution in [2.45, 2.75) is 27.7 Å². The molecule has 1 atom stereocenters. The van der Waals surface area contributed by atoms with Crippen molar-refractivity contribution >= 4 is 5.82 Å². The van der Waals surface area contributed by atoms with Crippen LogP contribution in [0.3, 0.4) is 0 Å². The van der Waals surface area contributed by atoms with Crippen LogP contribution in [-0.2, 0) is 0 Å². The molecule has 0 bridgehead atoms. The molecule has 0 saturated carbocycles. The number of nitrogens with one attached hydrogen (secondary N) is 1. The highest BCUT2D eigenvalue weighted by atomic mass is 15.0. The van der Waals surface area contributed by atoms with Crippen LogP contribution in [0.1, 0.15) is 32.0 Å². The summed E-state index contributed by atoms with van der Waals surface area (Å²) in [6.07, 6.45) is 0. The number of rotatable bonds is 4. The molecule has 16 heavy (non-hydrogen) atoms. The van der Waals surface area contributed by atoms with E-state index in [1.165, 1.54) is 0 Å². The molecule has 0 aliphatic carbocycles. The quantitative estimate of drug-likeness (QED) is 0.843. The van der Waals surface area contributed by atoms with Crippen molar-refractivity contribution in [3.63, 3.8) is 0 Å². The van der Waals surface area contributed by atoms with Gasteiger partial charge in [0, 0.05) is 12.2 Å². The minimum atomic E-state index is 0.591. The van der Waals surface area contributed by atoms with E-state index in [1.54, 1.807) is 12.1 Å². The van der Waals surface area contributed by atoms with Crippen molar-refractivity contribution in [1.29, 1.82) is 5.26 Å². The van der Waals surface area contributed by atoms with Crippen LogP contribution in [-0.4, -0.2) is 11.5 Å². The predicted molar refractivity (Wildman–Crippen MR) is 66.2 cm³/mol. The molecular weight excluding hydrogens is 198 g/mol. The second-order valence-electron chi connectivity index (χ2n) is 4.60. The Balaban J connectivity index is 2.68. The Morgan fingerprint density at radius 2 is 2.06 bits per heavy atom. The van der Waals surface area contributed by atoms with E-state index in [-0.39, 0.29) is 0 Å². The van der Waals surface area contributed by atoms with E-state index < -0.39 is 0 Å². The molecule has 0 radical (unpaired) electrons. The normalized spacial score (nSPS) is 12.2. The fourth-order valence-electron chi connectivity index (χ4n) is 1.32. The summed E-state index contributed by atoms with van der Waals surface area (Å²) >= 11 is 0. The minimum absolute atomic E-state index is 0.591. The SMILES string of the molecule is Cc1cc(C#N)cc(NCC(C)C(C)C)n1. The Morgan fingerprint density at radius 1 is 1.38 bits per heavy atom. The van der Waals surface area contributed by atoms with E-state index in [2.05, 4.69) is 37.1 Å². The van der Waals surface area contributed by atoms with Crippen molar-refractivity contribution in [3.8, 4) is 6.07 Å². The summed E-state index contributed by atoms with van der Waals surface area (Å²) < 4.78 is 0. The predicted octanol–water partition coefficient (Wildman–Crippen LogP) is 2.97.